The van der Waals surface area contributed by atoms with Crippen LogP contribution in [0.1, 0.15) is 0 Å². The molecule has 128 valence electrons. The lowest BCUT2D eigenvalue weighted by atomic mass is 10.4. The van der Waals surface area contributed by atoms with Gasteiger partial charge in [0.2, 0.25) is 0 Å². The van der Waals surface area contributed by atoms with E-state index in [0.717, 1.165) is 0 Å². The first-order valence-corrected chi connectivity index (χ1v) is 14.3. The predicted octanol–water partition coefficient (Wildman–Crippen LogP) is 5.01. The number of rotatable bonds is 8. The molecule has 0 aliphatic heterocycles. The van der Waals surface area contributed by atoms with Crippen LogP contribution in [0.4, 0.5) is 22.0 Å². The number of hydrogen-bond donors (Lipinski definition) is 0. The van der Waals surface area contributed by atoms with Crippen LogP contribution in [0.3, 0.4) is 0 Å². The summed E-state index contributed by atoms with van der Waals surface area (Å²) in [6, 6.07) is 0. The third-order valence-corrected chi connectivity index (χ3v) is 8.20. The Kier molecular flexibility index (Phi) is 6.81. The second kappa shape index (κ2) is 6.75. The summed E-state index contributed by atoms with van der Waals surface area (Å²) in [6.07, 6.45) is -8.10. The van der Waals surface area contributed by atoms with Gasteiger partial charge in [-0.05, 0) is 39.3 Å². The molecule has 0 aromatic carbocycles. The molecule has 0 amide bonds. The molecular weight excluding hydrogens is 354 g/mol. The summed E-state index contributed by atoms with van der Waals surface area (Å²) in [5, 5.41) is 0. The fraction of sp³-hybridized carbons (Fsp3) is 1.00. The van der Waals surface area contributed by atoms with Gasteiger partial charge in [-0.3, -0.25) is 0 Å². The summed E-state index contributed by atoms with van der Waals surface area (Å²) < 4.78 is 89.6. The van der Waals surface area contributed by atoms with Crippen LogP contribution in [0.15, 0.2) is 0 Å². The maximum absolute atomic E-state index is 13.3. The van der Waals surface area contributed by atoms with Crippen molar-refractivity contribution in [2.75, 3.05) is 0 Å². The lowest BCUT2D eigenvalue weighted by Gasteiger charge is -2.31. The molecule has 0 N–H and O–H groups in total. The molecule has 0 radical (unpaired) electrons. The standard InChI is InChI=1S/C9H20F5O4PSi2/c1-20(2,3)17-19(15,18-21(4,5)6)16-8(12)9(13,14)7(10)11/h7-8H,1-6H3. The zero-order valence-electron chi connectivity index (χ0n) is 12.6. The number of hydrogen-bond acceptors (Lipinski definition) is 4. The first kappa shape index (κ1) is 21.2. The minimum absolute atomic E-state index is 1.54. The lowest BCUT2D eigenvalue weighted by molar-refractivity contribution is -0.224. The molecular formula is C9H20F5O4PSi2. The van der Waals surface area contributed by atoms with E-state index in [-0.39, 0.29) is 0 Å². The van der Waals surface area contributed by atoms with E-state index in [4.69, 9.17) is 8.43 Å². The summed E-state index contributed by atoms with van der Waals surface area (Å²) in [4.78, 5) is 0. The fourth-order valence-corrected chi connectivity index (χ4v) is 7.58. The molecule has 0 saturated carbocycles. The van der Waals surface area contributed by atoms with Crippen molar-refractivity contribution in [3.8, 4) is 0 Å². The normalized spacial score (nSPS) is 16.4. The molecule has 1 atom stereocenters. The summed E-state index contributed by atoms with van der Waals surface area (Å²) >= 11 is 0. The van der Waals surface area contributed by atoms with Crippen LogP contribution in [0.2, 0.25) is 39.3 Å². The SMILES string of the molecule is C[Si](C)(C)OP(=O)(OC(F)C(F)(F)C(F)F)O[Si](C)(C)C. The molecule has 0 aromatic heterocycles. The van der Waals surface area contributed by atoms with E-state index in [1.54, 1.807) is 0 Å². The van der Waals surface area contributed by atoms with Crippen LogP contribution in [0.5, 0.6) is 0 Å². The van der Waals surface area contributed by atoms with E-state index in [1.165, 1.54) is 39.3 Å². The summed E-state index contributed by atoms with van der Waals surface area (Å²) in [7, 11) is -9.99. The molecule has 0 spiro atoms. The Morgan fingerprint density at radius 1 is 0.905 bits per heavy atom. The zero-order chi connectivity index (χ0) is 17.3. The third kappa shape index (κ3) is 7.84. The highest BCUT2D eigenvalue weighted by molar-refractivity contribution is 7.52. The second-order valence-corrected chi connectivity index (χ2v) is 17.3. The van der Waals surface area contributed by atoms with Gasteiger partial charge in [-0.2, -0.15) is 8.78 Å². The summed E-state index contributed by atoms with van der Waals surface area (Å²) in [5.74, 6) is -5.11. The Hall–Kier alpha value is 0.194. The number of alkyl halides is 5. The number of halogens is 5. The largest absolute Gasteiger partial charge is 0.457 e. The monoisotopic (exact) mass is 374 g/mol. The topological polar surface area (TPSA) is 44.8 Å². The molecule has 0 aliphatic carbocycles. The van der Waals surface area contributed by atoms with E-state index in [9.17, 15) is 26.5 Å². The van der Waals surface area contributed by atoms with Crippen LogP contribution < -0.4 is 0 Å². The Morgan fingerprint density at radius 3 is 1.48 bits per heavy atom. The molecule has 0 heterocycles. The molecule has 1 unspecified atom stereocenters. The van der Waals surface area contributed by atoms with E-state index >= 15 is 0 Å². The maximum Gasteiger partial charge on any atom is 0.457 e. The summed E-state index contributed by atoms with van der Waals surface area (Å²) in [5.41, 5.74) is 0. The minimum atomic E-state index is -5.11. The van der Waals surface area contributed by atoms with Crippen LogP contribution in [-0.2, 0) is 17.5 Å². The van der Waals surface area contributed by atoms with Crippen molar-refractivity contribution in [3.63, 3.8) is 0 Å². The van der Waals surface area contributed by atoms with Crippen LogP contribution in [0.25, 0.3) is 0 Å². The van der Waals surface area contributed by atoms with Crippen molar-refractivity contribution < 1.29 is 39.5 Å². The predicted molar refractivity (Wildman–Crippen MR) is 73.4 cm³/mol. The highest BCUT2D eigenvalue weighted by Crippen LogP contribution is 2.56. The molecule has 4 nitrogen and oxygen atoms in total. The van der Waals surface area contributed by atoms with Gasteiger partial charge < -0.3 is 8.43 Å². The van der Waals surface area contributed by atoms with Crippen LogP contribution >= 0.6 is 7.82 Å². The third-order valence-electron chi connectivity index (χ3n) is 1.59. The average Bonchev–Trinajstić information content (AvgIpc) is 2.09. The molecule has 21 heavy (non-hydrogen) atoms. The smallest absolute Gasteiger partial charge is 0.331 e. The van der Waals surface area contributed by atoms with E-state index in [0.29, 0.717) is 0 Å². The Balaban J connectivity index is 5.30. The van der Waals surface area contributed by atoms with E-state index in [2.05, 4.69) is 4.52 Å². The molecule has 12 heteroatoms. The van der Waals surface area contributed by atoms with E-state index < -0.39 is 43.2 Å². The van der Waals surface area contributed by atoms with Gasteiger partial charge in [0, 0.05) is 0 Å². The molecule has 0 saturated heterocycles. The number of phosphoric acid groups is 1. The Labute approximate surface area is 122 Å². The molecule has 0 fully saturated rings. The van der Waals surface area contributed by atoms with Crippen molar-refractivity contribution >= 4 is 24.5 Å². The first-order valence-electron chi connectivity index (χ1n) is 5.98. The van der Waals surface area contributed by atoms with E-state index in [1.807, 2.05) is 0 Å². The van der Waals surface area contributed by atoms with Gasteiger partial charge in [-0.25, -0.2) is 22.3 Å². The molecule has 0 aromatic rings. The van der Waals surface area contributed by atoms with Crippen molar-refractivity contribution in [1.29, 1.82) is 0 Å². The van der Waals surface area contributed by atoms with Gasteiger partial charge in [0.1, 0.15) is 0 Å². The average molecular weight is 374 g/mol. The lowest BCUT2D eigenvalue weighted by Crippen LogP contribution is -2.40. The summed E-state index contributed by atoms with van der Waals surface area (Å²) in [6.45, 7) is 9.22. The first-order chi connectivity index (χ1) is 8.99. The highest BCUT2D eigenvalue weighted by atomic mass is 31.2. The zero-order valence-corrected chi connectivity index (χ0v) is 15.5. The fourth-order valence-electron chi connectivity index (χ4n) is 1.02. The van der Waals surface area contributed by atoms with Gasteiger partial charge in [-0.1, -0.05) is 0 Å². The Bertz CT molecular complexity index is 377. The van der Waals surface area contributed by atoms with Gasteiger partial charge >= 0.3 is 20.2 Å². The van der Waals surface area contributed by atoms with Gasteiger partial charge in [0.25, 0.3) is 6.36 Å². The van der Waals surface area contributed by atoms with Crippen molar-refractivity contribution in [1.82, 2.24) is 0 Å². The maximum atomic E-state index is 13.3. The van der Waals surface area contributed by atoms with Crippen LogP contribution in [0, 0.1) is 0 Å². The molecule has 0 bridgehead atoms. The highest BCUT2D eigenvalue weighted by Gasteiger charge is 2.54. The van der Waals surface area contributed by atoms with Crippen LogP contribution in [-0.4, -0.2) is 35.3 Å². The van der Waals surface area contributed by atoms with Crippen molar-refractivity contribution in [3.05, 3.63) is 0 Å². The Morgan fingerprint density at radius 2 is 1.24 bits per heavy atom. The van der Waals surface area contributed by atoms with Gasteiger partial charge in [-0.15, -0.1) is 0 Å². The van der Waals surface area contributed by atoms with Gasteiger partial charge in [0.05, 0.1) is 0 Å². The van der Waals surface area contributed by atoms with Gasteiger partial charge in [0.15, 0.2) is 16.6 Å². The van der Waals surface area contributed by atoms with Crippen molar-refractivity contribution in [2.45, 2.75) is 58.0 Å². The van der Waals surface area contributed by atoms with Crippen molar-refractivity contribution in [2.24, 2.45) is 0 Å². The second-order valence-electron chi connectivity index (χ2n) is 6.25. The molecule has 0 rings (SSSR count). The quantitative estimate of drug-likeness (QED) is 0.340. The minimum Gasteiger partial charge on any atom is -0.331 e. The molecule has 0 aliphatic rings.